The molecule has 3 atom stereocenters. The maximum Gasteiger partial charge on any atom is 0.0197 e. The number of nitrogens with one attached hydrogen (secondary N) is 1. The lowest BCUT2D eigenvalue weighted by Crippen LogP contribution is -2.46. The Morgan fingerprint density at radius 2 is 2.13 bits per heavy atom. The third-order valence-corrected chi connectivity index (χ3v) is 4.03. The van der Waals surface area contributed by atoms with Crippen molar-refractivity contribution in [3.05, 3.63) is 0 Å². The van der Waals surface area contributed by atoms with Crippen LogP contribution in [0.15, 0.2) is 0 Å². The predicted molar refractivity (Wildman–Crippen MR) is 67.2 cm³/mol. The van der Waals surface area contributed by atoms with E-state index >= 15 is 0 Å². The molecule has 2 heteroatoms. The largest absolute Gasteiger partial charge is 0.313 e. The average molecular weight is 212 g/mol. The van der Waals surface area contributed by atoms with E-state index in [4.69, 9.17) is 0 Å². The maximum absolute atomic E-state index is 3.65. The Balaban J connectivity index is 2.31. The third-order valence-electron chi connectivity index (χ3n) is 4.03. The van der Waals surface area contributed by atoms with Gasteiger partial charge >= 0.3 is 0 Å². The van der Waals surface area contributed by atoms with Gasteiger partial charge in [-0.1, -0.05) is 20.3 Å². The molecule has 0 aliphatic carbocycles. The van der Waals surface area contributed by atoms with E-state index in [9.17, 15) is 0 Å². The fourth-order valence-corrected chi connectivity index (χ4v) is 2.44. The average Bonchev–Trinajstić information content (AvgIpc) is 2.28. The highest BCUT2D eigenvalue weighted by molar-refractivity contribution is 4.80. The van der Waals surface area contributed by atoms with Gasteiger partial charge in [0.15, 0.2) is 0 Å². The second-order valence-electron chi connectivity index (χ2n) is 5.15. The summed E-state index contributed by atoms with van der Waals surface area (Å²) in [6.07, 6.45) is 5.35. The summed E-state index contributed by atoms with van der Waals surface area (Å²) in [5.74, 6) is 0.960. The zero-order valence-electron chi connectivity index (χ0n) is 10.9. The molecule has 1 N–H and O–H groups in total. The van der Waals surface area contributed by atoms with Gasteiger partial charge in [0.2, 0.25) is 0 Å². The second kappa shape index (κ2) is 6.49. The molecule has 1 saturated heterocycles. The van der Waals surface area contributed by atoms with Gasteiger partial charge in [0.25, 0.3) is 0 Å². The van der Waals surface area contributed by atoms with Crippen molar-refractivity contribution in [3.63, 3.8) is 0 Å². The highest BCUT2D eigenvalue weighted by Gasteiger charge is 2.22. The van der Waals surface area contributed by atoms with Crippen LogP contribution >= 0.6 is 0 Å². The molecule has 0 bridgehead atoms. The van der Waals surface area contributed by atoms with Crippen molar-refractivity contribution in [2.45, 2.75) is 58.5 Å². The topological polar surface area (TPSA) is 15.3 Å². The summed E-state index contributed by atoms with van der Waals surface area (Å²) in [5, 5.41) is 3.65. The molecule has 0 aromatic heterocycles. The zero-order chi connectivity index (χ0) is 11.3. The van der Waals surface area contributed by atoms with Crippen molar-refractivity contribution in [1.29, 1.82) is 0 Å². The first kappa shape index (κ1) is 13.0. The van der Waals surface area contributed by atoms with Gasteiger partial charge in [-0.3, -0.25) is 0 Å². The summed E-state index contributed by atoms with van der Waals surface area (Å²) < 4.78 is 0. The quantitative estimate of drug-likeness (QED) is 0.753. The number of hydrogen-bond acceptors (Lipinski definition) is 2. The summed E-state index contributed by atoms with van der Waals surface area (Å²) in [6.45, 7) is 9.35. The number of nitrogens with zero attached hydrogens (tertiary/aromatic N) is 1. The summed E-state index contributed by atoms with van der Waals surface area (Å²) in [4.78, 5) is 2.50. The Morgan fingerprint density at radius 3 is 2.73 bits per heavy atom. The van der Waals surface area contributed by atoms with Crippen LogP contribution in [-0.4, -0.2) is 37.1 Å². The van der Waals surface area contributed by atoms with E-state index in [0.29, 0.717) is 6.04 Å². The lowest BCUT2D eigenvalue weighted by Gasteiger charge is -2.34. The number of hydrogen-bond donors (Lipinski definition) is 1. The summed E-state index contributed by atoms with van der Waals surface area (Å²) >= 11 is 0. The van der Waals surface area contributed by atoms with Crippen molar-refractivity contribution in [2.24, 2.45) is 5.92 Å². The molecule has 90 valence electrons. The van der Waals surface area contributed by atoms with E-state index in [2.05, 4.69) is 38.0 Å². The predicted octanol–water partition coefficient (Wildman–Crippen LogP) is 2.49. The molecule has 0 spiro atoms. The van der Waals surface area contributed by atoms with Gasteiger partial charge in [-0.05, 0) is 45.7 Å². The van der Waals surface area contributed by atoms with Crippen LogP contribution in [0.3, 0.4) is 0 Å². The smallest absolute Gasteiger partial charge is 0.0197 e. The SMILES string of the molecule is CCC1CCNC(CN(C)C(C)CC)C1. The minimum atomic E-state index is 0.716. The van der Waals surface area contributed by atoms with Crippen molar-refractivity contribution < 1.29 is 0 Å². The van der Waals surface area contributed by atoms with Crippen LogP contribution in [0, 0.1) is 5.92 Å². The van der Waals surface area contributed by atoms with E-state index in [-0.39, 0.29) is 0 Å². The molecular weight excluding hydrogens is 184 g/mol. The second-order valence-corrected chi connectivity index (χ2v) is 5.15. The Bertz CT molecular complexity index is 170. The molecular formula is C13H28N2. The normalized spacial score (nSPS) is 29.4. The van der Waals surface area contributed by atoms with Crippen LogP contribution in [0.2, 0.25) is 0 Å². The fraction of sp³-hybridized carbons (Fsp3) is 1.00. The number of piperidine rings is 1. The lowest BCUT2D eigenvalue weighted by molar-refractivity contribution is 0.188. The first-order chi connectivity index (χ1) is 7.17. The molecule has 1 aliphatic rings. The molecule has 0 saturated carbocycles. The molecule has 0 radical (unpaired) electrons. The van der Waals surface area contributed by atoms with E-state index in [1.165, 1.54) is 38.8 Å². The molecule has 1 rings (SSSR count). The summed E-state index contributed by atoms with van der Waals surface area (Å²) in [6, 6.07) is 1.44. The van der Waals surface area contributed by atoms with Gasteiger partial charge in [0, 0.05) is 18.6 Å². The zero-order valence-corrected chi connectivity index (χ0v) is 10.9. The van der Waals surface area contributed by atoms with Crippen molar-refractivity contribution in [1.82, 2.24) is 10.2 Å². The minimum absolute atomic E-state index is 0.716. The first-order valence-corrected chi connectivity index (χ1v) is 6.60. The van der Waals surface area contributed by atoms with E-state index in [1.54, 1.807) is 0 Å². The summed E-state index contributed by atoms with van der Waals surface area (Å²) in [7, 11) is 2.26. The molecule has 1 fully saturated rings. The van der Waals surface area contributed by atoms with Crippen molar-refractivity contribution in [2.75, 3.05) is 20.1 Å². The van der Waals surface area contributed by atoms with Crippen LogP contribution in [0.25, 0.3) is 0 Å². The minimum Gasteiger partial charge on any atom is -0.313 e. The van der Waals surface area contributed by atoms with Gasteiger partial charge < -0.3 is 10.2 Å². The van der Waals surface area contributed by atoms with Crippen LogP contribution < -0.4 is 5.32 Å². The van der Waals surface area contributed by atoms with E-state index in [1.807, 2.05) is 0 Å². The standard InChI is InChI=1S/C13H28N2/c1-5-11(3)15(4)10-13-9-12(6-2)7-8-14-13/h11-14H,5-10H2,1-4H3. The molecule has 1 heterocycles. The molecule has 2 nitrogen and oxygen atoms in total. The van der Waals surface area contributed by atoms with Gasteiger partial charge in [-0.2, -0.15) is 0 Å². The van der Waals surface area contributed by atoms with Gasteiger partial charge in [0.05, 0.1) is 0 Å². The van der Waals surface area contributed by atoms with Crippen molar-refractivity contribution in [3.8, 4) is 0 Å². The van der Waals surface area contributed by atoms with Crippen LogP contribution in [0.1, 0.15) is 46.5 Å². The Labute approximate surface area is 95.4 Å². The fourth-order valence-electron chi connectivity index (χ4n) is 2.44. The van der Waals surface area contributed by atoms with Gasteiger partial charge in [0.1, 0.15) is 0 Å². The van der Waals surface area contributed by atoms with Gasteiger partial charge in [-0.25, -0.2) is 0 Å². The molecule has 0 aromatic carbocycles. The van der Waals surface area contributed by atoms with E-state index in [0.717, 1.165) is 12.0 Å². The molecule has 0 amide bonds. The molecule has 15 heavy (non-hydrogen) atoms. The van der Waals surface area contributed by atoms with Crippen LogP contribution in [0.4, 0.5) is 0 Å². The Morgan fingerprint density at radius 1 is 1.40 bits per heavy atom. The Kier molecular flexibility index (Phi) is 5.62. The maximum atomic E-state index is 3.65. The van der Waals surface area contributed by atoms with Crippen molar-refractivity contribution >= 4 is 0 Å². The Hall–Kier alpha value is -0.0800. The third kappa shape index (κ3) is 4.12. The molecule has 1 aliphatic heterocycles. The van der Waals surface area contributed by atoms with Gasteiger partial charge in [-0.15, -0.1) is 0 Å². The highest BCUT2D eigenvalue weighted by atomic mass is 15.1. The number of rotatable bonds is 5. The summed E-state index contributed by atoms with van der Waals surface area (Å²) in [5.41, 5.74) is 0. The lowest BCUT2D eigenvalue weighted by atomic mass is 9.90. The molecule has 0 aromatic rings. The molecule has 3 unspecified atom stereocenters. The first-order valence-electron chi connectivity index (χ1n) is 6.60. The van der Waals surface area contributed by atoms with Crippen LogP contribution in [-0.2, 0) is 0 Å². The monoisotopic (exact) mass is 212 g/mol. The van der Waals surface area contributed by atoms with E-state index < -0.39 is 0 Å². The highest BCUT2D eigenvalue weighted by Crippen LogP contribution is 2.20. The number of likely N-dealkylation sites (N-methyl/N-ethyl adjacent to an activating group) is 1. The van der Waals surface area contributed by atoms with Crippen LogP contribution in [0.5, 0.6) is 0 Å².